The summed E-state index contributed by atoms with van der Waals surface area (Å²) in [4.78, 5) is 5.84. The van der Waals surface area contributed by atoms with Gasteiger partial charge in [0.05, 0.1) is 0 Å². The minimum Gasteiger partial charge on any atom is -0.474 e. The van der Waals surface area contributed by atoms with E-state index in [2.05, 4.69) is 10.3 Å². The number of nitrogens with one attached hydrogen (secondary N) is 1. The molecule has 0 fully saturated rings. The van der Waals surface area contributed by atoms with Crippen molar-refractivity contribution in [2.75, 3.05) is 34.3 Å². The Morgan fingerprint density at radius 1 is 1.50 bits per heavy atom. The van der Waals surface area contributed by atoms with Crippen molar-refractivity contribution in [1.82, 2.24) is 15.2 Å². The van der Waals surface area contributed by atoms with Crippen LogP contribution >= 0.6 is 0 Å². The van der Waals surface area contributed by atoms with E-state index in [4.69, 9.17) is 4.74 Å². The summed E-state index contributed by atoms with van der Waals surface area (Å²) < 4.78 is 19.0. The second-order valence-electron chi connectivity index (χ2n) is 3.77. The number of pyridine rings is 1. The van der Waals surface area contributed by atoms with Gasteiger partial charge in [-0.3, -0.25) is 0 Å². The molecule has 0 saturated carbocycles. The van der Waals surface area contributed by atoms with Gasteiger partial charge in [-0.25, -0.2) is 9.37 Å². The molecule has 1 aromatic rings. The van der Waals surface area contributed by atoms with Crippen LogP contribution in [0.25, 0.3) is 0 Å². The van der Waals surface area contributed by atoms with Crippen LogP contribution in [0, 0.1) is 5.82 Å². The van der Waals surface area contributed by atoms with Crippen LogP contribution in [-0.2, 0) is 6.54 Å². The molecule has 0 spiro atoms. The van der Waals surface area contributed by atoms with Crippen LogP contribution in [0.15, 0.2) is 12.3 Å². The molecule has 0 amide bonds. The highest BCUT2D eigenvalue weighted by atomic mass is 19.1. The van der Waals surface area contributed by atoms with Gasteiger partial charge in [0.1, 0.15) is 6.61 Å². The highest BCUT2D eigenvalue weighted by Crippen LogP contribution is 2.16. The van der Waals surface area contributed by atoms with E-state index in [1.54, 1.807) is 19.3 Å². The number of ether oxygens (including phenoxy) is 1. The lowest BCUT2D eigenvalue weighted by Crippen LogP contribution is -2.20. The van der Waals surface area contributed by atoms with Crippen molar-refractivity contribution in [2.24, 2.45) is 0 Å². The van der Waals surface area contributed by atoms with Gasteiger partial charge in [0.25, 0.3) is 5.88 Å². The molecule has 0 aliphatic heterocycles. The van der Waals surface area contributed by atoms with Crippen molar-refractivity contribution in [1.29, 1.82) is 0 Å². The normalized spacial score (nSPS) is 10.8. The topological polar surface area (TPSA) is 37.4 Å². The third-order valence-corrected chi connectivity index (χ3v) is 2.08. The first-order chi connectivity index (χ1) is 7.65. The first-order valence-corrected chi connectivity index (χ1v) is 5.20. The van der Waals surface area contributed by atoms with Crippen molar-refractivity contribution in [2.45, 2.75) is 6.54 Å². The Bertz CT molecular complexity index is 331. The van der Waals surface area contributed by atoms with E-state index in [0.29, 0.717) is 18.7 Å². The molecule has 1 rings (SSSR count). The maximum absolute atomic E-state index is 13.7. The zero-order chi connectivity index (χ0) is 12.0. The van der Waals surface area contributed by atoms with Gasteiger partial charge in [-0.2, -0.15) is 0 Å². The smallest absolute Gasteiger partial charge is 0.250 e. The van der Waals surface area contributed by atoms with E-state index in [0.717, 1.165) is 6.54 Å². The van der Waals surface area contributed by atoms with E-state index >= 15 is 0 Å². The summed E-state index contributed by atoms with van der Waals surface area (Å²) in [5, 5.41) is 2.89. The molecule has 0 bridgehead atoms. The van der Waals surface area contributed by atoms with Crippen molar-refractivity contribution in [3.05, 3.63) is 23.6 Å². The number of nitrogens with zero attached hydrogens (tertiary/aromatic N) is 2. The molecule has 0 saturated heterocycles. The Kier molecular flexibility index (Phi) is 5.14. The second kappa shape index (κ2) is 6.40. The Labute approximate surface area is 95.4 Å². The van der Waals surface area contributed by atoms with Crippen molar-refractivity contribution in [3.63, 3.8) is 0 Å². The van der Waals surface area contributed by atoms with E-state index in [1.807, 2.05) is 19.0 Å². The fourth-order valence-corrected chi connectivity index (χ4v) is 1.21. The van der Waals surface area contributed by atoms with Crippen LogP contribution in [0.2, 0.25) is 0 Å². The molecule has 90 valence electrons. The molecule has 0 aliphatic rings. The highest BCUT2D eigenvalue weighted by molar-refractivity contribution is 5.23. The fraction of sp³-hybridized carbons (Fsp3) is 0.545. The fourth-order valence-electron chi connectivity index (χ4n) is 1.21. The van der Waals surface area contributed by atoms with Gasteiger partial charge in [-0.1, -0.05) is 0 Å². The third kappa shape index (κ3) is 3.75. The highest BCUT2D eigenvalue weighted by Gasteiger charge is 2.09. The van der Waals surface area contributed by atoms with Crippen LogP contribution in [-0.4, -0.2) is 44.2 Å². The largest absolute Gasteiger partial charge is 0.474 e. The molecule has 4 nitrogen and oxygen atoms in total. The summed E-state index contributed by atoms with van der Waals surface area (Å²) >= 11 is 0. The molecule has 0 aromatic carbocycles. The molecule has 0 radical (unpaired) electrons. The predicted octanol–water partition coefficient (Wildman–Crippen LogP) is 0.880. The molecule has 0 unspecified atom stereocenters. The van der Waals surface area contributed by atoms with Crippen molar-refractivity contribution in [3.8, 4) is 5.88 Å². The van der Waals surface area contributed by atoms with Gasteiger partial charge >= 0.3 is 0 Å². The van der Waals surface area contributed by atoms with Gasteiger partial charge < -0.3 is 15.0 Å². The number of hydrogen-bond donors (Lipinski definition) is 1. The summed E-state index contributed by atoms with van der Waals surface area (Å²) in [5.74, 6) is -0.301. The number of halogens is 1. The summed E-state index contributed by atoms with van der Waals surface area (Å²) in [7, 11) is 5.64. The first kappa shape index (κ1) is 12.9. The van der Waals surface area contributed by atoms with Gasteiger partial charge in [0, 0.05) is 24.8 Å². The molecular weight excluding hydrogens is 209 g/mol. The molecular formula is C11H18FN3O. The Morgan fingerprint density at radius 3 is 2.88 bits per heavy atom. The molecule has 16 heavy (non-hydrogen) atoms. The van der Waals surface area contributed by atoms with Gasteiger partial charge in [-0.15, -0.1) is 0 Å². The van der Waals surface area contributed by atoms with E-state index in [9.17, 15) is 4.39 Å². The van der Waals surface area contributed by atoms with Gasteiger partial charge in [-0.05, 0) is 27.2 Å². The molecule has 0 aliphatic carbocycles. The Morgan fingerprint density at radius 2 is 2.25 bits per heavy atom. The molecule has 0 atom stereocenters. The molecule has 1 heterocycles. The molecule has 1 aromatic heterocycles. The van der Waals surface area contributed by atoms with Crippen LogP contribution < -0.4 is 10.1 Å². The SMILES string of the molecule is CNCc1ccnc(OCCN(C)C)c1F. The quantitative estimate of drug-likeness (QED) is 0.783. The predicted molar refractivity (Wildman–Crippen MR) is 61.0 cm³/mol. The minimum absolute atomic E-state index is 0.0783. The van der Waals surface area contributed by atoms with Gasteiger partial charge in [0.2, 0.25) is 0 Å². The monoisotopic (exact) mass is 227 g/mol. The number of likely N-dealkylation sites (N-methyl/N-ethyl adjacent to an activating group) is 1. The standard InChI is InChI=1S/C11H18FN3O/c1-13-8-9-4-5-14-11(10(9)12)16-7-6-15(2)3/h4-5,13H,6-8H2,1-3H3. The number of rotatable bonds is 6. The third-order valence-electron chi connectivity index (χ3n) is 2.08. The molecule has 1 N–H and O–H groups in total. The summed E-state index contributed by atoms with van der Waals surface area (Å²) in [6.07, 6.45) is 1.56. The maximum atomic E-state index is 13.7. The average molecular weight is 227 g/mol. The van der Waals surface area contributed by atoms with E-state index < -0.39 is 0 Å². The number of hydrogen-bond acceptors (Lipinski definition) is 4. The summed E-state index contributed by atoms with van der Waals surface area (Å²) in [5.41, 5.74) is 0.567. The molecule has 5 heteroatoms. The lowest BCUT2D eigenvalue weighted by Gasteiger charge is -2.11. The number of aromatic nitrogens is 1. The van der Waals surface area contributed by atoms with Crippen molar-refractivity contribution >= 4 is 0 Å². The zero-order valence-electron chi connectivity index (χ0n) is 9.96. The minimum atomic E-state index is -0.379. The van der Waals surface area contributed by atoms with Crippen LogP contribution in [0.5, 0.6) is 5.88 Å². The summed E-state index contributed by atoms with van der Waals surface area (Å²) in [6.45, 7) is 1.63. The van der Waals surface area contributed by atoms with Crippen LogP contribution in [0.4, 0.5) is 4.39 Å². The lowest BCUT2D eigenvalue weighted by molar-refractivity contribution is 0.243. The Hall–Kier alpha value is -1.20. The van der Waals surface area contributed by atoms with Crippen molar-refractivity contribution < 1.29 is 9.13 Å². The van der Waals surface area contributed by atoms with Gasteiger partial charge in [0.15, 0.2) is 5.82 Å². The maximum Gasteiger partial charge on any atom is 0.250 e. The van der Waals surface area contributed by atoms with E-state index in [-0.39, 0.29) is 11.7 Å². The van der Waals surface area contributed by atoms with Crippen LogP contribution in [0.1, 0.15) is 5.56 Å². The average Bonchev–Trinajstić information content (AvgIpc) is 2.23. The first-order valence-electron chi connectivity index (χ1n) is 5.20. The second-order valence-corrected chi connectivity index (χ2v) is 3.77. The van der Waals surface area contributed by atoms with Crippen LogP contribution in [0.3, 0.4) is 0 Å². The van der Waals surface area contributed by atoms with E-state index in [1.165, 1.54) is 0 Å². The summed E-state index contributed by atoms with van der Waals surface area (Å²) in [6, 6.07) is 1.64. The zero-order valence-corrected chi connectivity index (χ0v) is 9.96. The lowest BCUT2D eigenvalue weighted by atomic mass is 10.2. The Balaban J connectivity index is 2.62.